The first-order chi connectivity index (χ1) is 8.15. The van der Waals surface area contributed by atoms with Crippen molar-refractivity contribution in [2.24, 2.45) is 0 Å². The van der Waals surface area contributed by atoms with Crippen LogP contribution in [0.2, 0.25) is 0 Å². The van der Waals surface area contributed by atoms with Gasteiger partial charge in [-0.2, -0.15) is 0 Å². The molecule has 0 N–H and O–H groups in total. The molecule has 1 aromatic carbocycles. The van der Waals surface area contributed by atoms with Crippen LogP contribution in [0.25, 0.3) is 11.3 Å². The van der Waals surface area contributed by atoms with Crippen molar-refractivity contribution in [3.05, 3.63) is 33.9 Å². The Labute approximate surface area is 102 Å². The Balaban J connectivity index is 2.61. The normalized spacial score (nSPS) is 10.3. The van der Waals surface area contributed by atoms with E-state index in [0.717, 1.165) is 4.88 Å². The van der Waals surface area contributed by atoms with E-state index in [2.05, 4.69) is 4.98 Å². The van der Waals surface area contributed by atoms with Crippen LogP contribution in [0.4, 0.5) is 4.39 Å². The topological polar surface area (TPSA) is 39.2 Å². The standard InChI is InChI=1S/C12H10FNO2S/c1-7-12(14-11(6-15)17-7)9-5-8(13)3-4-10(9)16-2/h3-6H,1-2H3. The molecule has 0 aliphatic heterocycles. The lowest BCUT2D eigenvalue weighted by molar-refractivity contribution is 0.112. The van der Waals surface area contributed by atoms with Crippen molar-refractivity contribution in [3.63, 3.8) is 0 Å². The lowest BCUT2D eigenvalue weighted by Crippen LogP contribution is -1.91. The van der Waals surface area contributed by atoms with Crippen molar-refractivity contribution in [3.8, 4) is 17.0 Å². The monoisotopic (exact) mass is 251 g/mol. The van der Waals surface area contributed by atoms with Crippen molar-refractivity contribution in [2.45, 2.75) is 6.92 Å². The predicted molar refractivity (Wildman–Crippen MR) is 64.2 cm³/mol. The van der Waals surface area contributed by atoms with E-state index < -0.39 is 0 Å². The Kier molecular flexibility index (Phi) is 3.19. The molecule has 88 valence electrons. The number of ether oxygens (including phenoxy) is 1. The van der Waals surface area contributed by atoms with E-state index in [1.807, 2.05) is 6.92 Å². The maximum Gasteiger partial charge on any atom is 0.178 e. The minimum Gasteiger partial charge on any atom is -0.496 e. The van der Waals surface area contributed by atoms with Crippen LogP contribution in [-0.4, -0.2) is 18.4 Å². The first kappa shape index (κ1) is 11.7. The molecule has 0 saturated heterocycles. The summed E-state index contributed by atoms with van der Waals surface area (Å²) in [6, 6.07) is 4.23. The summed E-state index contributed by atoms with van der Waals surface area (Å²) >= 11 is 1.28. The summed E-state index contributed by atoms with van der Waals surface area (Å²) < 4.78 is 18.4. The van der Waals surface area contributed by atoms with Crippen LogP contribution >= 0.6 is 11.3 Å². The Morgan fingerprint density at radius 1 is 1.47 bits per heavy atom. The summed E-state index contributed by atoms with van der Waals surface area (Å²) in [5.41, 5.74) is 1.16. The van der Waals surface area contributed by atoms with Gasteiger partial charge in [-0.15, -0.1) is 11.3 Å². The number of methoxy groups -OCH3 is 1. The molecule has 1 heterocycles. The number of rotatable bonds is 3. The smallest absolute Gasteiger partial charge is 0.178 e. The van der Waals surface area contributed by atoms with Gasteiger partial charge in [0.05, 0.1) is 12.8 Å². The molecular weight excluding hydrogens is 241 g/mol. The van der Waals surface area contributed by atoms with Crippen LogP contribution in [0.3, 0.4) is 0 Å². The summed E-state index contributed by atoms with van der Waals surface area (Å²) in [5.74, 6) is 0.179. The van der Waals surface area contributed by atoms with Crippen LogP contribution in [0.5, 0.6) is 5.75 Å². The second-order valence-corrected chi connectivity index (χ2v) is 4.65. The van der Waals surface area contributed by atoms with Gasteiger partial charge in [-0.3, -0.25) is 4.79 Å². The number of aldehydes is 1. The molecule has 2 aromatic rings. The average Bonchev–Trinajstić information content (AvgIpc) is 2.70. The van der Waals surface area contributed by atoms with Gasteiger partial charge in [0.2, 0.25) is 0 Å². The molecule has 0 aliphatic carbocycles. The van der Waals surface area contributed by atoms with Gasteiger partial charge in [-0.25, -0.2) is 9.37 Å². The molecule has 0 atom stereocenters. The van der Waals surface area contributed by atoms with Gasteiger partial charge < -0.3 is 4.74 Å². The zero-order valence-electron chi connectivity index (χ0n) is 9.36. The molecule has 5 heteroatoms. The van der Waals surface area contributed by atoms with Crippen molar-refractivity contribution < 1.29 is 13.9 Å². The molecule has 0 amide bonds. The number of hydrogen-bond acceptors (Lipinski definition) is 4. The molecule has 0 aliphatic rings. The highest BCUT2D eigenvalue weighted by Crippen LogP contribution is 2.34. The average molecular weight is 251 g/mol. The summed E-state index contributed by atoms with van der Waals surface area (Å²) in [6.45, 7) is 1.84. The highest BCUT2D eigenvalue weighted by molar-refractivity contribution is 7.13. The van der Waals surface area contributed by atoms with Crippen LogP contribution in [0.15, 0.2) is 18.2 Å². The molecule has 0 radical (unpaired) electrons. The molecule has 0 unspecified atom stereocenters. The molecule has 1 aromatic heterocycles. The number of aromatic nitrogens is 1. The van der Waals surface area contributed by atoms with Gasteiger partial charge in [0.1, 0.15) is 11.6 Å². The Morgan fingerprint density at radius 2 is 2.24 bits per heavy atom. The fraction of sp³-hybridized carbons (Fsp3) is 0.167. The second-order valence-electron chi connectivity index (χ2n) is 3.42. The largest absolute Gasteiger partial charge is 0.496 e. The maximum absolute atomic E-state index is 13.2. The van der Waals surface area contributed by atoms with E-state index in [4.69, 9.17) is 4.74 Å². The van der Waals surface area contributed by atoms with Gasteiger partial charge in [0, 0.05) is 10.4 Å². The number of benzene rings is 1. The van der Waals surface area contributed by atoms with Crippen LogP contribution in [-0.2, 0) is 0 Å². The quantitative estimate of drug-likeness (QED) is 0.787. The van der Waals surface area contributed by atoms with Crippen molar-refractivity contribution in [1.29, 1.82) is 0 Å². The predicted octanol–water partition coefficient (Wildman–Crippen LogP) is 3.08. The number of aryl methyl sites for hydroxylation is 1. The van der Waals surface area contributed by atoms with Gasteiger partial charge >= 0.3 is 0 Å². The molecule has 17 heavy (non-hydrogen) atoms. The van der Waals surface area contributed by atoms with Crippen LogP contribution < -0.4 is 4.74 Å². The highest BCUT2D eigenvalue weighted by Gasteiger charge is 2.14. The van der Waals surface area contributed by atoms with Gasteiger partial charge in [-0.1, -0.05) is 0 Å². The Bertz CT molecular complexity index is 566. The number of carbonyl (C=O) groups excluding carboxylic acids is 1. The van der Waals surface area contributed by atoms with E-state index in [1.54, 1.807) is 6.07 Å². The zero-order chi connectivity index (χ0) is 12.4. The molecule has 0 saturated carbocycles. The molecular formula is C12H10FNO2S. The Hall–Kier alpha value is -1.75. The lowest BCUT2D eigenvalue weighted by Gasteiger charge is -2.06. The summed E-state index contributed by atoms with van der Waals surface area (Å²) in [4.78, 5) is 15.7. The lowest BCUT2D eigenvalue weighted by atomic mass is 10.1. The molecule has 0 bridgehead atoms. The number of carbonyl (C=O) groups is 1. The van der Waals surface area contributed by atoms with E-state index in [1.165, 1.54) is 30.6 Å². The highest BCUT2D eigenvalue weighted by atomic mass is 32.1. The zero-order valence-corrected chi connectivity index (χ0v) is 10.2. The minimum absolute atomic E-state index is 0.360. The van der Waals surface area contributed by atoms with Crippen LogP contribution in [0, 0.1) is 12.7 Å². The summed E-state index contributed by atoms with van der Waals surface area (Å²) in [6.07, 6.45) is 0.687. The SMILES string of the molecule is COc1ccc(F)cc1-c1nc(C=O)sc1C. The van der Waals surface area contributed by atoms with E-state index >= 15 is 0 Å². The number of nitrogens with zero attached hydrogens (tertiary/aromatic N) is 1. The first-order valence-electron chi connectivity index (χ1n) is 4.92. The fourth-order valence-electron chi connectivity index (χ4n) is 1.58. The van der Waals surface area contributed by atoms with Gasteiger partial charge in [0.25, 0.3) is 0 Å². The number of thiazole rings is 1. The third-order valence-electron chi connectivity index (χ3n) is 2.33. The number of hydrogen-bond donors (Lipinski definition) is 0. The van der Waals surface area contributed by atoms with Crippen molar-refractivity contribution in [1.82, 2.24) is 4.98 Å². The fourth-order valence-corrected chi connectivity index (χ4v) is 2.33. The van der Waals surface area contributed by atoms with Crippen LogP contribution in [0.1, 0.15) is 14.7 Å². The van der Waals surface area contributed by atoms with E-state index in [-0.39, 0.29) is 5.82 Å². The Morgan fingerprint density at radius 3 is 2.82 bits per heavy atom. The van der Waals surface area contributed by atoms with Crippen molar-refractivity contribution >= 4 is 17.6 Å². The molecule has 0 fully saturated rings. The summed E-state index contributed by atoms with van der Waals surface area (Å²) in [7, 11) is 1.51. The molecule has 2 rings (SSSR count). The van der Waals surface area contributed by atoms with Gasteiger partial charge in [0.15, 0.2) is 11.3 Å². The summed E-state index contributed by atoms with van der Waals surface area (Å²) in [5, 5.41) is 0.379. The van der Waals surface area contributed by atoms with Crippen molar-refractivity contribution in [2.75, 3.05) is 7.11 Å². The minimum atomic E-state index is -0.360. The first-order valence-corrected chi connectivity index (χ1v) is 5.74. The van der Waals surface area contributed by atoms with E-state index in [0.29, 0.717) is 28.3 Å². The van der Waals surface area contributed by atoms with E-state index in [9.17, 15) is 9.18 Å². The van der Waals surface area contributed by atoms with Gasteiger partial charge in [-0.05, 0) is 25.1 Å². The molecule has 3 nitrogen and oxygen atoms in total. The molecule has 0 spiro atoms. The third-order valence-corrected chi connectivity index (χ3v) is 3.23. The third kappa shape index (κ3) is 2.19. The number of halogens is 1. The maximum atomic E-state index is 13.2. The second kappa shape index (κ2) is 4.63.